The molecule has 0 bridgehead atoms. The summed E-state index contributed by atoms with van der Waals surface area (Å²) in [5, 5.41) is 5.89. The smallest absolute Gasteiger partial charge is 0.322 e. The van der Waals surface area contributed by atoms with Gasteiger partial charge in [0, 0.05) is 18.5 Å². The molecule has 0 spiro atoms. The molecule has 0 aliphatic carbocycles. The van der Waals surface area contributed by atoms with Gasteiger partial charge in [-0.15, -0.1) is 0 Å². The topological polar surface area (TPSA) is 67.4 Å². The number of amides is 1. The Kier molecular flexibility index (Phi) is 4.08. The van der Waals surface area contributed by atoms with E-state index in [1.807, 2.05) is 13.8 Å². The van der Waals surface area contributed by atoms with E-state index in [1.165, 1.54) is 7.11 Å². The molecule has 1 heterocycles. The van der Waals surface area contributed by atoms with Crippen LogP contribution in [0.15, 0.2) is 0 Å². The first-order chi connectivity index (χ1) is 7.04. The summed E-state index contributed by atoms with van der Waals surface area (Å²) in [6.45, 7) is 4.31. The molecule has 0 unspecified atom stereocenters. The molecule has 15 heavy (non-hydrogen) atoms. The van der Waals surface area contributed by atoms with Crippen LogP contribution in [0.3, 0.4) is 0 Å². The van der Waals surface area contributed by atoms with Crippen LogP contribution in [0.4, 0.5) is 0 Å². The molecule has 0 saturated carbocycles. The summed E-state index contributed by atoms with van der Waals surface area (Å²) in [7, 11) is 1.37. The number of rotatable bonds is 3. The minimum atomic E-state index is -0.285. The number of hydrogen-bond acceptors (Lipinski definition) is 4. The first-order valence-electron chi connectivity index (χ1n) is 5.16. The summed E-state index contributed by atoms with van der Waals surface area (Å²) in [5.74, 6) is -0.272. The normalized spacial score (nSPS) is 25.3. The number of nitrogens with one attached hydrogen (secondary N) is 2. The predicted octanol–water partition coefficient (Wildman–Crippen LogP) is -0.338. The maximum Gasteiger partial charge on any atom is 0.322 e. The molecular formula is C10H18N2O3. The fourth-order valence-electron chi connectivity index (χ4n) is 1.54. The van der Waals surface area contributed by atoms with E-state index in [9.17, 15) is 9.59 Å². The molecule has 0 radical (unpaired) electrons. The van der Waals surface area contributed by atoms with E-state index in [2.05, 4.69) is 15.4 Å². The van der Waals surface area contributed by atoms with E-state index in [4.69, 9.17) is 0 Å². The van der Waals surface area contributed by atoms with Crippen molar-refractivity contribution >= 4 is 11.9 Å². The Labute approximate surface area is 89.6 Å². The van der Waals surface area contributed by atoms with Gasteiger partial charge in [0.05, 0.1) is 7.11 Å². The number of carbonyl (C=O) groups excluding carboxylic acids is 2. The Morgan fingerprint density at radius 1 is 1.47 bits per heavy atom. The monoisotopic (exact) mass is 214 g/mol. The third-order valence-corrected chi connectivity index (χ3v) is 2.49. The van der Waals surface area contributed by atoms with Crippen LogP contribution in [0.2, 0.25) is 0 Å². The van der Waals surface area contributed by atoms with Gasteiger partial charge < -0.3 is 15.4 Å². The van der Waals surface area contributed by atoms with Gasteiger partial charge in [-0.3, -0.25) is 9.59 Å². The number of esters is 1. The van der Waals surface area contributed by atoms with Crippen molar-refractivity contribution in [2.24, 2.45) is 5.92 Å². The van der Waals surface area contributed by atoms with E-state index >= 15 is 0 Å². The number of methoxy groups -OCH3 is 1. The van der Waals surface area contributed by atoms with Crippen molar-refractivity contribution in [3.05, 3.63) is 0 Å². The lowest BCUT2D eigenvalue weighted by atomic mass is 10.1. The van der Waals surface area contributed by atoms with Crippen LogP contribution in [0.5, 0.6) is 0 Å². The van der Waals surface area contributed by atoms with Crippen LogP contribution in [-0.2, 0) is 14.3 Å². The minimum Gasteiger partial charge on any atom is -0.468 e. The number of carbonyl (C=O) groups is 2. The molecule has 1 aliphatic rings. The van der Waals surface area contributed by atoms with Crippen LogP contribution in [-0.4, -0.2) is 37.6 Å². The molecule has 1 aliphatic heterocycles. The van der Waals surface area contributed by atoms with Crippen molar-refractivity contribution in [3.8, 4) is 0 Å². The molecule has 86 valence electrons. The Morgan fingerprint density at radius 3 is 2.67 bits per heavy atom. The summed E-state index contributed by atoms with van der Waals surface area (Å²) in [4.78, 5) is 22.6. The van der Waals surface area contributed by atoms with Gasteiger partial charge in [-0.05, 0) is 6.42 Å². The summed E-state index contributed by atoms with van der Waals surface area (Å²) in [6, 6.07) is -0.253. The Hall–Kier alpha value is -1.10. The third-order valence-electron chi connectivity index (χ3n) is 2.49. The van der Waals surface area contributed by atoms with Crippen molar-refractivity contribution < 1.29 is 14.3 Å². The highest BCUT2D eigenvalue weighted by atomic mass is 16.5. The summed E-state index contributed by atoms with van der Waals surface area (Å²) in [5.41, 5.74) is 0. The first-order valence-corrected chi connectivity index (χ1v) is 5.16. The molecule has 1 amide bonds. The Morgan fingerprint density at radius 2 is 2.13 bits per heavy atom. The quantitative estimate of drug-likeness (QED) is 0.631. The zero-order valence-electron chi connectivity index (χ0n) is 9.37. The highest BCUT2D eigenvalue weighted by Gasteiger charge is 2.31. The van der Waals surface area contributed by atoms with E-state index in [0.29, 0.717) is 13.0 Å². The van der Waals surface area contributed by atoms with Gasteiger partial charge in [0.25, 0.3) is 0 Å². The fraction of sp³-hybridized carbons (Fsp3) is 0.800. The lowest BCUT2D eigenvalue weighted by Gasteiger charge is -2.13. The minimum absolute atomic E-state index is 0.0207. The first kappa shape index (κ1) is 12.0. The van der Waals surface area contributed by atoms with Crippen molar-refractivity contribution in [2.75, 3.05) is 13.7 Å². The molecule has 0 aromatic heterocycles. The number of ether oxygens (including phenoxy) is 1. The van der Waals surface area contributed by atoms with Crippen LogP contribution >= 0.6 is 0 Å². The van der Waals surface area contributed by atoms with Gasteiger partial charge in [0.15, 0.2) is 0 Å². The molecule has 5 heteroatoms. The second-order valence-corrected chi connectivity index (χ2v) is 4.08. The van der Waals surface area contributed by atoms with Gasteiger partial charge in [-0.25, -0.2) is 0 Å². The zero-order chi connectivity index (χ0) is 11.4. The Bertz CT molecular complexity index is 253. The highest BCUT2D eigenvalue weighted by molar-refractivity contribution is 5.79. The molecule has 1 saturated heterocycles. The van der Waals surface area contributed by atoms with Gasteiger partial charge in [0.2, 0.25) is 5.91 Å². The molecule has 2 atom stereocenters. The molecule has 0 aromatic carbocycles. The average molecular weight is 214 g/mol. The lowest BCUT2D eigenvalue weighted by Crippen LogP contribution is -2.38. The van der Waals surface area contributed by atoms with E-state index in [-0.39, 0.29) is 29.9 Å². The summed E-state index contributed by atoms with van der Waals surface area (Å²) >= 11 is 0. The largest absolute Gasteiger partial charge is 0.468 e. The van der Waals surface area contributed by atoms with Gasteiger partial charge in [0.1, 0.15) is 6.04 Å². The van der Waals surface area contributed by atoms with Crippen molar-refractivity contribution in [2.45, 2.75) is 32.4 Å². The van der Waals surface area contributed by atoms with E-state index in [1.54, 1.807) is 0 Å². The number of hydrogen-bond donors (Lipinski definition) is 2. The van der Waals surface area contributed by atoms with Crippen molar-refractivity contribution in [1.82, 2.24) is 10.6 Å². The maximum atomic E-state index is 11.4. The molecule has 1 fully saturated rings. The average Bonchev–Trinajstić information content (AvgIpc) is 2.65. The predicted molar refractivity (Wildman–Crippen MR) is 55.2 cm³/mol. The molecular weight excluding hydrogens is 196 g/mol. The third kappa shape index (κ3) is 3.20. The molecule has 1 rings (SSSR count). The van der Waals surface area contributed by atoms with Crippen LogP contribution in [0, 0.1) is 5.92 Å². The van der Waals surface area contributed by atoms with Gasteiger partial charge in [-0.1, -0.05) is 13.8 Å². The van der Waals surface area contributed by atoms with Gasteiger partial charge >= 0.3 is 5.97 Å². The fourth-order valence-corrected chi connectivity index (χ4v) is 1.54. The van der Waals surface area contributed by atoms with E-state index in [0.717, 1.165) is 0 Å². The van der Waals surface area contributed by atoms with Crippen molar-refractivity contribution in [3.63, 3.8) is 0 Å². The lowest BCUT2D eigenvalue weighted by molar-refractivity contribution is -0.142. The van der Waals surface area contributed by atoms with Crippen molar-refractivity contribution in [1.29, 1.82) is 0 Å². The summed E-state index contributed by atoms with van der Waals surface area (Å²) < 4.78 is 4.62. The summed E-state index contributed by atoms with van der Waals surface area (Å²) in [6.07, 6.45) is 0.602. The Balaban J connectivity index is 2.37. The van der Waals surface area contributed by atoms with E-state index < -0.39 is 0 Å². The maximum absolute atomic E-state index is 11.4. The molecule has 5 nitrogen and oxygen atoms in total. The molecule has 2 N–H and O–H groups in total. The highest BCUT2D eigenvalue weighted by Crippen LogP contribution is 2.08. The second-order valence-electron chi connectivity index (χ2n) is 4.08. The van der Waals surface area contributed by atoms with Gasteiger partial charge in [-0.2, -0.15) is 0 Å². The second kappa shape index (κ2) is 5.11. The van der Waals surface area contributed by atoms with Crippen LogP contribution < -0.4 is 10.6 Å². The SMILES string of the molecule is COC(=O)[C@@H]1C[C@@H](NC(=O)C(C)C)CN1. The standard InChI is InChI=1S/C10H18N2O3/c1-6(2)9(13)12-7-4-8(11-5-7)10(14)15-3/h6-8,11H,4-5H2,1-3H3,(H,12,13)/t7-,8+/m1/s1. The molecule has 0 aromatic rings. The zero-order valence-corrected chi connectivity index (χ0v) is 9.37. The van der Waals surface area contributed by atoms with Crippen LogP contribution in [0.25, 0.3) is 0 Å². The van der Waals surface area contributed by atoms with Crippen LogP contribution in [0.1, 0.15) is 20.3 Å².